The minimum absolute atomic E-state index is 0.0933. The Morgan fingerprint density at radius 1 is 1.19 bits per heavy atom. The molecule has 2 aromatic rings. The van der Waals surface area contributed by atoms with E-state index in [4.69, 9.17) is 10.5 Å². The van der Waals surface area contributed by atoms with E-state index in [9.17, 15) is 4.79 Å². The van der Waals surface area contributed by atoms with Crippen LogP contribution in [0, 0.1) is 6.92 Å². The van der Waals surface area contributed by atoms with Gasteiger partial charge in [-0.3, -0.25) is 4.79 Å². The molecule has 21 heavy (non-hydrogen) atoms. The molecular weight excluding hydrogens is 264 g/mol. The first kappa shape index (κ1) is 14.9. The van der Waals surface area contributed by atoms with E-state index >= 15 is 0 Å². The summed E-state index contributed by atoms with van der Waals surface area (Å²) in [5.41, 5.74) is 8.89. The highest BCUT2D eigenvalue weighted by Crippen LogP contribution is 2.19. The number of anilines is 1. The third-order valence-electron chi connectivity index (χ3n) is 3.58. The van der Waals surface area contributed by atoms with Crippen molar-refractivity contribution in [1.82, 2.24) is 5.32 Å². The Bertz CT molecular complexity index is 636. The van der Waals surface area contributed by atoms with Gasteiger partial charge in [0.15, 0.2) is 0 Å². The second kappa shape index (κ2) is 6.31. The van der Waals surface area contributed by atoms with Crippen LogP contribution in [0.2, 0.25) is 0 Å². The quantitative estimate of drug-likeness (QED) is 0.848. The molecule has 1 atom stereocenters. The summed E-state index contributed by atoms with van der Waals surface area (Å²) < 4.78 is 5.13. The molecule has 0 bridgehead atoms. The fraction of sp³-hybridized carbons (Fsp3) is 0.235. The molecule has 0 heterocycles. The van der Waals surface area contributed by atoms with Crippen LogP contribution < -0.4 is 15.8 Å². The molecule has 0 aromatic heterocycles. The molecule has 0 saturated carbocycles. The molecule has 0 aliphatic rings. The van der Waals surface area contributed by atoms with Crippen molar-refractivity contribution >= 4 is 11.6 Å². The average Bonchev–Trinajstić information content (AvgIpc) is 2.50. The molecule has 1 amide bonds. The summed E-state index contributed by atoms with van der Waals surface area (Å²) in [6, 6.07) is 12.9. The van der Waals surface area contributed by atoms with Gasteiger partial charge in [-0.15, -0.1) is 0 Å². The molecule has 3 N–H and O–H groups in total. The Hall–Kier alpha value is -2.49. The Labute approximate surface area is 124 Å². The van der Waals surface area contributed by atoms with Crippen molar-refractivity contribution in [3.8, 4) is 5.75 Å². The standard InChI is InChI=1S/C17H20N2O2/c1-11-15(5-4-6-16(11)18)17(20)19-12(2)13-7-9-14(21-3)10-8-13/h4-10,12H,18H2,1-3H3,(H,19,20). The number of methoxy groups -OCH3 is 1. The number of hydrogen-bond donors (Lipinski definition) is 2. The van der Waals surface area contributed by atoms with E-state index in [1.807, 2.05) is 38.1 Å². The number of carbonyl (C=O) groups is 1. The third kappa shape index (κ3) is 3.34. The van der Waals surface area contributed by atoms with Crippen molar-refractivity contribution in [2.24, 2.45) is 0 Å². The zero-order chi connectivity index (χ0) is 15.4. The lowest BCUT2D eigenvalue weighted by Crippen LogP contribution is -2.27. The van der Waals surface area contributed by atoms with Crippen molar-refractivity contribution in [2.75, 3.05) is 12.8 Å². The van der Waals surface area contributed by atoms with Crippen LogP contribution in [0.15, 0.2) is 42.5 Å². The number of nitrogen functional groups attached to an aromatic ring is 1. The molecule has 0 aliphatic carbocycles. The normalized spacial score (nSPS) is 11.8. The highest BCUT2D eigenvalue weighted by Gasteiger charge is 2.14. The second-order valence-electron chi connectivity index (χ2n) is 4.99. The van der Waals surface area contributed by atoms with E-state index in [0.717, 1.165) is 16.9 Å². The minimum Gasteiger partial charge on any atom is -0.497 e. The molecule has 110 valence electrons. The predicted octanol–water partition coefficient (Wildman–Crippen LogP) is 3.08. The molecular formula is C17H20N2O2. The highest BCUT2D eigenvalue weighted by molar-refractivity contribution is 5.97. The van der Waals surface area contributed by atoms with Crippen LogP contribution >= 0.6 is 0 Å². The summed E-state index contributed by atoms with van der Waals surface area (Å²) in [5.74, 6) is 0.673. The van der Waals surface area contributed by atoms with Crippen molar-refractivity contribution in [1.29, 1.82) is 0 Å². The molecule has 0 saturated heterocycles. The van der Waals surface area contributed by atoms with Crippen LogP contribution in [0.1, 0.15) is 34.5 Å². The van der Waals surface area contributed by atoms with Gasteiger partial charge in [0, 0.05) is 11.3 Å². The number of hydrogen-bond acceptors (Lipinski definition) is 3. The summed E-state index contributed by atoms with van der Waals surface area (Å²) in [7, 11) is 1.63. The number of nitrogens with one attached hydrogen (secondary N) is 1. The van der Waals surface area contributed by atoms with Gasteiger partial charge in [-0.25, -0.2) is 0 Å². The van der Waals surface area contributed by atoms with Crippen molar-refractivity contribution in [3.05, 3.63) is 59.2 Å². The Kier molecular flexibility index (Phi) is 4.48. The largest absolute Gasteiger partial charge is 0.497 e. The first-order valence-electron chi connectivity index (χ1n) is 6.83. The van der Waals surface area contributed by atoms with Crippen LogP contribution in [-0.2, 0) is 0 Å². The molecule has 2 rings (SSSR count). The van der Waals surface area contributed by atoms with Crippen molar-refractivity contribution < 1.29 is 9.53 Å². The number of nitrogens with two attached hydrogens (primary N) is 1. The van der Waals surface area contributed by atoms with E-state index in [2.05, 4.69) is 5.32 Å². The Morgan fingerprint density at radius 2 is 1.86 bits per heavy atom. The van der Waals surface area contributed by atoms with E-state index in [1.54, 1.807) is 25.3 Å². The molecule has 4 heteroatoms. The Balaban J connectivity index is 2.12. The molecule has 1 unspecified atom stereocenters. The van der Waals surface area contributed by atoms with Gasteiger partial charge in [-0.2, -0.15) is 0 Å². The van der Waals surface area contributed by atoms with E-state index in [1.165, 1.54) is 0 Å². The van der Waals surface area contributed by atoms with E-state index in [-0.39, 0.29) is 11.9 Å². The molecule has 4 nitrogen and oxygen atoms in total. The summed E-state index contributed by atoms with van der Waals surface area (Å²) >= 11 is 0. The lowest BCUT2D eigenvalue weighted by molar-refractivity contribution is 0.0939. The number of benzene rings is 2. The fourth-order valence-electron chi connectivity index (χ4n) is 2.15. The average molecular weight is 284 g/mol. The zero-order valence-electron chi connectivity index (χ0n) is 12.5. The van der Waals surface area contributed by atoms with Gasteiger partial charge in [-0.1, -0.05) is 18.2 Å². The van der Waals surface area contributed by atoms with Crippen LogP contribution in [0.25, 0.3) is 0 Å². The number of rotatable bonds is 4. The van der Waals surface area contributed by atoms with Gasteiger partial charge >= 0.3 is 0 Å². The summed E-state index contributed by atoms with van der Waals surface area (Å²) in [6.07, 6.45) is 0. The number of amides is 1. The maximum absolute atomic E-state index is 12.3. The zero-order valence-corrected chi connectivity index (χ0v) is 12.5. The fourth-order valence-corrected chi connectivity index (χ4v) is 2.15. The van der Waals surface area contributed by atoms with Gasteiger partial charge < -0.3 is 15.8 Å². The molecule has 0 fully saturated rings. The molecule has 0 spiro atoms. The lowest BCUT2D eigenvalue weighted by atomic mass is 10.0. The topological polar surface area (TPSA) is 64.3 Å². The maximum atomic E-state index is 12.3. The smallest absolute Gasteiger partial charge is 0.252 e. The van der Waals surface area contributed by atoms with Crippen LogP contribution in [0.5, 0.6) is 5.75 Å². The number of carbonyl (C=O) groups excluding carboxylic acids is 1. The highest BCUT2D eigenvalue weighted by atomic mass is 16.5. The molecule has 0 aliphatic heterocycles. The van der Waals surface area contributed by atoms with Crippen LogP contribution in [0.4, 0.5) is 5.69 Å². The summed E-state index contributed by atoms with van der Waals surface area (Å²) in [6.45, 7) is 3.80. The molecule has 2 aromatic carbocycles. The van der Waals surface area contributed by atoms with Gasteiger partial charge in [0.1, 0.15) is 5.75 Å². The third-order valence-corrected chi connectivity index (χ3v) is 3.58. The SMILES string of the molecule is COc1ccc(C(C)NC(=O)c2cccc(N)c2C)cc1. The summed E-state index contributed by atoms with van der Waals surface area (Å²) in [5, 5.41) is 2.98. The van der Waals surface area contributed by atoms with Gasteiger partial charge in [0.25, 0.3) is 5.91 Å². The molecule has 0 radical (unpaired) electrons. The Morgan fingerprint density at radius 3 is 2.48 bits per heavy atom. The first-order valence-corrected chi connectivity index (χ1v) is 6.83. The van der Waals surface area contributed by atoms with Crippen molar-refractivity contribution in [3.63, 3.8) is 0 Å². The monoisotopic (exact) mass is 284 g/mol. The summed E-state index contributed by atoms with van der Waals surface area (Å²) in [4.78, 5) is 12.3. The predicted molar refractivity (Wildman–Crippen MR) is 84.5 cm³/mol. The van der Waals surface area contributed by atoms with Crippen LogP contribution in [-0.4, -0.2) is 13.0 Å². The lowest BCUT2D eigenvalue weighted by Gasteiger charge is -2.16. The van der Waals surface area contributed by atoms with E-state index < -0.39 is 0 Å². The number of ether oxygens (including phenoxy) is 1. The van der Waals surface area contributed by atoms with Gasteiger partial charge in [-0.05, 0) is 49.2 Å². The first-order chi connectivity index (χ1) is 10.0. The van der Waals surface area contributed by atoms with E-state index in [0.29, 0.717) is 11.3 Å². The second-order valence-corrected chi connectivity index (χ2v) is 4.99. The maximum Gasteiger partial charge on any atom is 0.252 e. The van der Waals surface area contributed by atoms with Crippen molar-refractivity contribution in [2.45, 2.75) is 19.9 Å². The van der Waals surface area contributed by atoms with Crippen LogP contribution in [0.3, 0.4) is 0 Å². The van der Waals surface area contributed by atoms with Gasteiger partial charge in [0.2, 0.25) is 0 Å². The minimum atomic E-state index is -0.122. The van der Waals surface area contributed by atoms with Gasteiger partial charge in [0.05, 0.1) is 13.2 Å².